The van der Waals surface area contributed by atoms with Crippen molar-refractivity contribution in [1.82, 2.24) is 9.71 Å². The monoisotopic (exact) mass is 479 g/mol. The fourth-order valence-electron chi connectivity index (χ4n) is 4.98. The van der Waals surface area contributed by atoms with Gasteiger partial charge in [0.1, 0.15) is 5.82 Å². The maximum Gasteiger partial charge on any atom is 0.281 e. The van der Waals surface area contributed by atoms with E-state index in [0.29, 0.717) is 11.7 Å². The molecule has 0 bridgehead atoms. The Hall–Kier alpha value is -2.10. The normalized spacial score (nSPS) is 27.9. The highest BCUT2D eigenvalue weighted by Crippen LogP contribution is 2.36. The maximum atomic E-state index is 15.1. The van der Waals surface area contributed by atoms with Crippen LogP contribution in [0.1, 0.15) is 37.2 Å². The number of hydrogen-bond acceptors (Lipinski definition) is 5. The highest BCUT2D eigenvalue weighted by atomic mass is 32.2. The van der Waals surface area contributed by atoms with E-state index in [2.05, 4.69) is 21.8 Å². The number of alkyl halides is 2. The van der Waals surface area contributed by atoms with Crippen LogP contribution in [0.4, 0.5) is 14.6 Å². The smallest absolute Gasteiger partial charge is 0.281 e. The summed E-state index contributed by atoms with van der Waals surface area (Å²) >= 11 is 0. The van der Waals surface area contributed by atoms with Crippen LogP contribution in [0.15, 0.2) is 54.7 Å². The van der Waals surface area contributed by atoms with E-state index in [0.717, 1.165) is 31.9 Å². The topological polar surface area (TPSA) is 71.5 Å². The Kier molecular flexibility index (Phi) is 7.31. The van der Waals surface area contributed by atoms with Crippen LogP contribution >= 0.6 is 0 Å². The Morgan fingerprint density at radius 2 is 1.79 bits per heavy atom. The Morgan fingerprint density at radius 3 is 2.42 bits per heavy atom. The van der Waals surface area contributed by atoms with E-state index in [9.17, 15) is 8.42 Å². The third-order valence-electron chi connectivity index (χ3n) is 6.59. The summed E-state index contributed by atoms with van der Waals surface area (Å²) in [6, 6.07) is 14.0. The molecule has 1 aliphatic carbocycles. The van der Waals surface area contributed by atoms with Crippen molar-refractivity contribution in [2.45, 2.75) is 49.7 Å². The first kappa shape index (κ1) is 24.0. The molecule has 1 saturated carbocycles. The fourth-order valence-corrected chi connectivity index (χ4v) is 5.80. The number of halogens is 2. The van der Waals surface area contributed by atoms with Gasteiger partial charge < -0.3 is 9.64 Å². The molecule has 0 radical (unpaired) electrons. The predicted molar refractivity (Wildman–Crippen MR) is 124 cm³/mol. The highest BCUT2D eigenvalue weighted by molar-refractivity contribution is 7.88. The number of nitrogens with zero attached hydrogens (tertiary/aromatic N) is 2. The van der Waals surface area contributed by atoms with Gasteiger partial charge in [-0.2, -0.15) is 0 Å². The second-order valence-corrected chi connectivity index (χ2v) is 11.0. The summed E-state index contributed by atoms with van der Waals surface area (Å²) in [7, 11) is -3.81. The van der Waals surface area contributed by atoms with Crippen LogP contribution in [-0.2, 0) is 14.8 Å². The first-order valence-electron chi connectivity index (χ1n) is 11.4. The second-order valence-electron chi connectivity index (χ2n) is 9.17. The van der Waals surface area contributed by atoms with E-state index < -0.39 is 34.5 Å². The van der Waals surface area contributed by atoms with Crippen molar-refractivity contribution in [3.63, 3.8) is 0 Å². The van der Waals surface area contributed by atoms with Crippen LogP contribution in [-0.4, -0.2) is 57.4 Å². The molecular weight excluding hydrogens is 448 g/mol. The zero-order valence-corrected chi connectivity index (χ0v) is 19.6. The molecule has 2 aromatic rings. The zero-order valence-electron chi connectivity index (χ0n) is 18.7. The van der Waals surface area contributed by atoms with Crippen molar-refractivity contribution in [3.8, 4) is 0 Å². The average molecular weight is 480 g/mol. The number of hydrogen-bond donors (Lipinski definition) is 1. The van der Waals surface area contributed by atoms with Gasteiger partial charge in [0.25, 0.3) is 5.92 Å². The van der Waals surface area contributed by atoms with Gasteiger partial charge in [-0.05, 0) is 49.3 Å². The van der Waals surface area contributed by atoms with Crippen molar-refractivity contribution in [2.24, 2.45) is 5.92 Å². The summed E-state index contributed by atoms with van der Waals surface area (Å²) in [6.45, 7) is -0.304. The van der Waals surface area contributed by atoms with Crippen molar-refractivity contribution < 1.29 is 21.9 Å². The van der Waals surface area contributed by atoms with Gasteiger partial charge in [0.05, 0.1) is 31.6 Å². The third kappa shape index (κ3) is 6.28. The molecule has 180 valence electrons. The number of ether oxygens (including phenoxy) is 1. The van der Waals surface area contributed by atoms with Crippen LogP contribution in [0, 0.1) is 5.92 Å². The molecular formula is C24H31F2N3O3S. The van der Waals surface area contributed by atoms with Gasteiger partial charge in [-0.3, -0.25) is 0 Å². The lowest BCUT2D eigenvalue weighted by Gasteiger charge is -2.44. The van der Waals surface area contributed by atoms with Gasteiger partial charge >= 0.3 is 0 Å². The van der Waals surface area contributed by atoms with Gasteiger partial charge in [0, 0.05) is 18.7 Å². The molecule has 1 aromatic heterocycles. The minimum Gasteiger partial charge on any atom is -0.378 e. The Balaban J connectivity index is 1.42. The van der Waals surface area contributed by atoms with E-state index in [-0.39, 0.29) is 19.3 Å². The molecule has 2 fully saturated rings. The number of sulfonamides is 1. The Morgan fingerprint density at radius 1 is 1.09 bits per heavy atom. The first-order chi connectivity index (χ1) is 15.7. The van der Waals surface area contributed by atoms with E-state index >= 15 is 8.78 Å². The molecule has 33 heavy (non-hydrogen) atoms. The van der Waals surface area contributed by atoms with Crippen molar-refractivity contribution in [3.05, 3.63) is 60.3 Å². The largest absolute Gasteiger partial charge is 0.378 e. The summed E-state index contributed by atoms with van der Waals surface area (Å²) in [6.07, 6.45) is 6.15. The van der Waals surface area contributed by atoms with E-state index in [1.165, 1.54) is 10.5 Å². The number of benzene rings is 1. The molecule has 1 saturated heterocycles. The van der Waals surface area contributed by atoms with Crippen LogP contribution < -0.4 is 9.62 Å². The zero-order chi connectivity index (χ0) is 23.5. The minimum absolute atomic E-state index is 0.0114. The Labute approximate surface area is 194 Å². The molecule has 2 unspecified atom stereocenters. The first-order valence-corrected chi connectivity index (χ1v) is 13.3. The molecule has 1 aromatic carbocycles. The SMILES string of the molecule is CS(=O)(=O)NC1C(COC2CCC(c3ccccc3)CC2)CN(c2ccccn2)CC1(F)F. The van der Waals surface area contributed by atoms with Crippen LogP contribution in [0.5, 0.6) is 0 Å². The summed E-state index contributed by atoms with van der Waals surface area (Å²) < 4.78 is 62.3. The average Bonchev–Trinajstić information content (AvgIpc) is 2.80. The van der Waals surface area contributed by atoms with E-state index in [4.69, 9.17) is 4.74 Å². The van der Waals surface area contributed by atoms with Crippen molar-refractivity contribution in [2.75, 3.05) is 30.9 Å². The van der Waals surface area contributed by atoms with Gasteiger partial charge in [0.2, 0.25) is 10.0 Å². The highest BCUT2D eigenvalue weighted by Gasteiger charge is 2.51. The number of nitrogens with one attached hydrogen (secondary N) is 1. The maximum absolute atomic E-state index is 15.1. The quantitative estimate of drug-likeness (QED) is 0.654. The number of piperidine rings is 1. The molecule has 2 atom stereocenters. The number of rotatable bonds is 7. The lowest BCUT2D eigenvalue weighted by molar-refractivity contribution is -0.0811. The molecule has 6 nitrogen and oxygen atoms in total. The third-order valence-corrected chi connectivity index (χ3v) is 7.27. The standard InChI is InChI=1S/C24H31F2N3O3S/c1-33(30,31)28-23-20(15-29(17-24(23,25)26)22-9-5-6-14-27-22)16-32-21-12-10-19(11-13-21)18-7-3-2-4-8-18/h2-9,14,19-21,23,28H,10-13,15-17H2,1H3. The molecule has 0 amide bonds. The molecule has 0 spiro atoms. The van der Waals surface area contributed by atoms with Gasteiger partial charge in [0.15, 0.2) is 0 Å². The van der Waals surface area contributed by atoms with E-state index in [1.807, 2.05) is 18.2 Å². The van der Waals surface area contributed by atoms with Crippen molar-refractivity contribution >= 4 is 15.8 Å². The van der Waals surface area contributed by atoms with Crippen molar-refractivity contribution in [1.29, 1.82) is 0 Å². The second kappa shape index (κ2) is 10.0. The molecule has 1 N–H and O–H groups in total. The molecule has 4 rings (SSSR count). The van der Waals surface area contributed by atoms with Gasteiger partial charge in [-0.15, -0.1) is 0 Å². The summed E-state index contributed by atoms with van der Waals surface area (Å²) in [5, 5.41) is 0. The molecule has 2 aliphatic rings. The van der Waals surface area contributed by atoms with Crippen LogP contribution in [0.2, 0.25) is 0 Å². The van der Waals surface area contributed by atoms with Gasteiger partial charge in [-0.1, -0.05) is 36.4 Å². The lowest BCUT2D eigenvalue weighted by Crippen LogP contribution is -2.64. The predicted octanol–water partition coefficient (Wildman–Crippen LogP) is 3.81. The van der Waals surface area contributed by atoms with Crippen LogP contribution in [0.3, 0.4) is 0 Å². The number of aromatic nitrogens is 1. The minimum atomic E-state index is -3.81. The summed E-state index contributed by atoms with van der Waals surface area (Å²) in [5.74, 6) is -3.04. The Bertz CT molecular complexity index is 1000. The summed E-state index contributed by atoms with van der Waals surface area (Å²) in [4.78, 5) is 5.72. The summed E-state index contributed by atoms with van der Waals surface area (Å²) in [5.41, 5.74) is 1.33. The molecule has 1 aliphatic heterocycles. The number of pyridine rings is 1. The molecule has 2 heterocycles. The fraction of sp³-hybridized carbons (Fsp3) is 0.542. The van der Waals surface area contributed by atoms with Gasteiger partial charge in [-0.25, -0.2) is 26.9 Å². The van der Waals surface area contributed by atoms with Crippen LogP contribution in [0.25, 0.3) is 0 Å². The number of anilines is 1. The lowest BCUT2D eigenvalue weighted by atomic mass is 9.82. The van der Waals surface area contributed by atoms with E-state index in [1.54, 1.807) is 24.4 Å². The molecule has 9 heteroatoms.